The van der Waals surface area contributed by atoms with Crippen LogP contribution < -0.4 is 10.2 Å². The Kier molecular flexibility index (Phi) is 4.69. The summed E-state index contributed by atoms with van der Waals surface area (Å²) in [6.45, 7) is 8.71. The van der Waals surface area contributed by atoms with Crippen molar-refractivity contribution in [3.05, 3.63) is 12.4 Å². The smallest absolute Gasteiger partial charge is 0.149 e. The number of hydrogen-bond donors (Lipinski definition) is 1. The van der Waals surface area contributed by atoms with Crippen molar-refractivity contribution in [3.8, 4) is 0 Å². The van der Waals surface area contributed by atoms with Gasteiger partial charge in [0, 0.05) is 30.1 Å². The van der Waals surface area contributed by atoms with Crippen LogP contribution in [-0.4, -0.2) is 40.1 Å². The molecule has 5 heteroatoms. The van der Waals surface area contributed by atoms with E-state index < -0.39 is 0 Å². The van der Waals surface area contributed by atoms with Crippen molar-refractivity contribution in [1.29, 1.82) is 0 Å². The van der Waals surface area contributed by atoms with Crippen LogP contribution in [0.1, 0.15) is 27.2 Å². The molecule has 1 aromatic rings. The molecule has 2 heterocycles. The number of rotatable bonds is 4. The summed E-state index contributed by atoms with van der Waals surface area (Å²) in [4.78, 5) is 11.3. The van der Waals surface area contributed by atoms with Gasteiger partial charge < -0.3 is 10.2 Å². The largest absolute Gasteiger partial charge is 0.369 e. The van der Waals surface area contributed by atoms with Crippen LogP contribution >= 0.6 is 11.8 Å². The molecule has 4 nitrogen and oxygen atoms in total. The maximum atomic E-state index is 4.66. The van der Waals surface area contributed by atoms with E-state index in [0.717, 1.165) is 31.1 Å². The normalized spacial score (nSPS) is 24.1. The molecule has 100 valence electrons. The van der Waals surface area contributed by atoms with E-state index in [9.17, 15) is 0 Å². The fourth-order valence-corrected chi connectivity index (χ4v) is 3.19. The van der Waals surface area contributed by atoms with E-state index in [-0.39, 0.29) is 0 Å². The third kappa shape index (κ3) is 3.07. The summed E-state index contributed by atoms with van der Waals surface area (Å²) in [6, 6.07) is 0.513. The van der Waals surface area contributed by atoms with Gasteiger partial charge in [-0.3, -0.25) is 4.98 Å². The second-order valence-electron chi connectivity index (χ2n) is 4.70. The highest BCUT2D eigenvalue weighted by molar-refractivity contribution is 8.00. The van der Waals surface area contributed by atoms with Gasteiger partial charge in [0.2, 0.25) is 0 Å². The molecule has 1 aliphatic rings. The number of nitrogens with one attached hydrogen (secondary N) is 1. The molecular formula is C13H22N4S. The van der Waals surface area contributed by atoms with Gasteiger partial charge in [0.25, 0.3) is 0 Å². The molecule has 0 radical (unpaired) electrons. The van der Waals surface area contributed by atoms with Crippen LogP contribution in [0, 0.1) is 0 Å². The molecule has 0 bridgehead atoms. The number of thioether (sulfide) groups is 1. The van der Waals surface area contributed by atoms with Crippen LogP contribution in [-0.2, 0) is 0 Å². The first-order valence-corrected chi connectivity index (χ1v) is 7.71. The maximum absolute atomic E-state index is 4.66. The van der Waals surface area contributed by atoms with E-state index >= 15 is 0 Å². The SMILES string of the molecule is CCCNc1cncc(N2CCSC(C)C2C)n1. The van der Waals surface area contributed by atoms with E-state index in [1.54, 1.807) is 6.20 Å². The summed E-state index contributed by atoms with van der Waals surface area (Å²) in [5, 5.41) is 3.94. The van der Waals surface area contributed by atoms with Crippen LogP contribution in [0.5, 0.6) is 0 Å². The Morgan fingerprint density at radius 2 is 2.28 bits per heavy atom. The maximum Gasteiger partial charge on any atom is 0.149 e. The minimum absolute atomic E-state index is 0.513. The average molecular weight is 266 g/mol. The van der Waals surface area contributed by atoms with E-state index in [1.807, 2.05) is 18.0 Å². The number of hydrogen-bond acceptors (Lipinski definition) is 5. The van der Waals surface area contributed by atoms with Crippen molar-refractivity contribution in [2.75, 3.05) is 29.1 Å². The van der Waals surface area contributed by atoms with Crippen LogP contribution in [0.2, 0.25) is 0 Å². The molecule has 1 saturated heterocycles. The van der Waals surface area contributed by atoms with Crippen molar-refractivity contribution in [3.63, 3.8) is 0 Å². The Hall–Kier alpha value is -0.970. The molecule has 1 fully saturated rings. The lowest BCUT2D eigenvalue weighted by Crippen LogP contribution is -2.45. The zero-order valence-corrected chi connectivity index (χ0v) is 12.2. The topological polar surface area (TPSA) is 41.1 Å². The first-order valence-electron chi connectivity index (χ1n) is 6.66. The molecule has 0 saturated carbocycles. The van der Waals surface area contributed by atoms with Gasteiger partial charge in [-0.25, -0.2) is 4.98 Å². The number of anilines is 2. The highest BCUT2D eigenvalue weighted by Gasteiger charge is 2.26. The van der Waals surface area contributed by atoms with E-state index in [0.29, 0.717) is 11.3 Å². The summed E-state index contributed by atoms with van der Waals surface area (Å²) in [5.41, 5.74) is 0. The van der Waals surface area contributed by atoms with Crippen molar-refractivity contribution in [2.45, 2.75) is 38.5 Å². The Balaban J connectivity index is 2.11. The molecule has 0 aromatic carbocycles. The van der Waals surface area contributed by atoms with E-state index in [2.05, 4.69) is 41.0 Å². The Bertz CT molecular complexity index is 385. The molecule has 2 atom stereocenters. The lowest BCUT2D eigenvalue weighted by Gasteiger charge is -2.38. The van der Waals surface area contributed by atoms with Gasteiger partial charge in [-0.05, 0) is 13.3 Å². The average Bonchev–Trinajstić information content (AvgIpc) is 2.40. The molecule has 2 rings (SSSR count). The Morgan fingerprint density at radius 1 is 1.44 bits per heavy atom. The molecule has 2 unspecified atom stereocenters. The molecule has 0 amide bonds. The molecule has 1 aromatic heterocycles. The van der Waals surface area contributed by atoms with Gasteiger partial charge in [-0.15, -0.1) is 0 Å². The monoisotopic (exact) mass is 266 g/mol. The second-order valence-corrected chi connectivity index (χ2v) is 6.18. The quantitative estimate of drug-likeness (QED) is 0.907. The molecule has 0 aliphatic carbocycles. The highest BCUT2D eigenvalue weighted by Crippen LogP contribution is 2.27. The molecular weight excluding hydrogens is 244 g/mol. The van der Waals surface area contributed by atoms with Crippen molar-refractivity contribution in [1.82, 2.24) is 9.97 Å². The third-order valence-corrected chi connectivity index (χ3v) is 4.69. The van der Waals surface area contributed by atoms with E-state index in [1.165, 1.54) is 5.75 Å². The highest BCUT2D eigenvalue weighted by atomic mass is 32.2. The van der Waals surface area contributed by atoms with Crippen LogP contribution in [0.3, 0.4) is 0 Å². The molecule has 1 aliphatic heterocycles. The van der Waals surface area contributed by atoms with Gasteiger partial charge in [0.1, 0.15) is 11.6 Å². The van der Waals surface area contributed by atoms with Crippen molar-refractivity contribution < 1.29 is 0 Å². The summed E-state index contributed by atoms with van der Waals surface area (Å²) in [5.74, 6) is 3.04. The fraction of sp³-hybridized carbons (Fsp3) is 0.692. The van der Waals surface area contributed by atoms with Gasteiger partial charge in [-0.2, -0.15) is 11.8 Å². The first-order chi connectivity index (χ1) is 8.72. The molecule has 0 spiro atoms. The number of nitrogens with zero attached hydrogens (tertiary/aromatic N) is 3. The molecule has 18 heavy (non-hydrogen) atoms. The van der Waals surface area contributed by atoms with Gasteiger partial charge in [-0.1, -0.05) is 13.8 Å². The summed E-state index contributed by atoms with van der Waals surface area (Å²) in [7, 11) is 0. The summed E-state index contributed by atoms with van der Waals surface area (Å²) >= 11 is 2.04. The van der Waals surface area contributed by atoms with Gasteiger partial charge >= 0.3 is 0 Å². The molecule has 1 N–H and O–H groups in total. The number of aromatic nitrogens is 2. The van der Waals surface area contributed by atoms with E-state index in [4.69, 9.17) is 0 Å². The second kappa shape index (κ2) is 6.27. The standard InChI is InChI=1S/C13H22N4S/c1-4-5-15-12-8-14-9-13(16-12)17-6-7-18-11(3)10(17)2/h8-11H,4-7H2,1-3H3,(H,15,16). The lowest BCUT2D eigenvalue weighted by atomic mass is 10.2. The lowest BCUT2D eigenvalue weighted by molar-refractivity contribution is 0.619. The minimum Gasteiger partial charge on any atom is -0.369 e. The van der Waals surface area contributed by atoms with Crippen molar-refractivity contribution >= 4 is 23.4 Å². The van der Waals surface area contributed by atoms with Crippen LogP contribution in [0.25, 0.3) is 0 Å². The van der Waals surface area contributed by atoms with Crippen molar-refractivity contribution in [2.24, 2.45) is 0 Å². The Morgan fingerprint density at radius 3 is 3.06 bits per heavy atom. The minimum atomic E-state index is 0.513. The third-order valence-electron chi connectivity index (χ3n) is 3.36. The zero-order valence-electron chi connectivity index (χ0n) is 11.4. The van der Waals surface area contributed by atoms with Gasteiger partial charge in [0.15, 0.2) is 0 Å². The summed E-state index contributed by atoms with van der Waals surface area (Å²) < 4.78 is 0. The van der Waals surface area contributed by atoms with Crippen LogP contribution in [0.15, 0.2) is 12.4 Å². The fourth-order valence-electron chi connectivity index (χ4n) is 2.09. The van der Waals surface area contributed by atoms with Crippen LogP contribution in [0.4, 0.5) is 11.6 Å². The van der Waals surface area contributed by atoms with Gasteiger partial charge in [0.05, 0.1) is 12.4 Å². The predicted molar refractivity (Wildman–Crippen MR) is 79.5 cm³/mol. The summed E-state index contributed by atoms with van der Waals surface area (Å²) in [6.07, 6.45) is 4.77. The zero-order chi connectivity index (χ0) is 13.0. The predicted octanol–water partition coefficient (Wildman–Crippen LogP) is 2.63. The Labute approximate surface area is 114 Å². The first kappa shape index (κ1) is 13.5.